The second-order valence-corrected chi connectivity index (χ2v) is 4.00. The summed E-state index contributed by atoms with van der Waals surface area (Å²) < 4.78 is 13.7. The summed E-state index contributed by atoms with van der Waals surface area (Å²) in [7, 11) is 0. The number of halogens is 2. The summed E-state index contributed by atoms with van der Waals surface area (Å²) >= 11 is 5.52. The van der Waals surface area contributed by atoms with Crippen LogP contribution >= 0.6 is 11.6 Å². The molecule has 1 aliphatic heterocycles. The SMILES string of the molecule is Cc1cc(F)c2c(c1)C(=O)C(=O)N2CCCl. The van der Waals surface area contributed by atoms with E-state index < -0.39 is 17.5 Å². The van der Waals surface area contributed by atoms with Crippen LogP contribution in [0.15, 0.2) is 12.1 Å². The Hall–Kier alpha value is -1.42. The molecular formula is C11H9ClFNO2. The van der Waals surface area contributed by atoms with Gasteiger partial charge in [-0.05, 0) is 24.6 Å². The monoisotopic (exact) mass is 241 g/mol. The standard InChI is InChI=1S/C11H9ClFNO2/c1-6-4-7-9(8(13)5-6)14(3-2-12)11(16)10(7)15/h4-5H,2-3H2,1H3. The van der Waals surface area contributed by atoms with Crippen LogP contribution < -0.4 is 4.90 Å². The van der Waals surface area contributed by atoms with E-state index >= 15 is 0 Å². The predicted molar refractivity (Wildman–Crippen MR) is 58.5 cm³/mol. The minimum atomic E-state index is -0.708. The fourth-order valence-corrected chi connectivity index (χ4v) is 1.99. The molecule has 0 aliphatic carbocycles. The van der Waals surface area contributed by atoms with Crippen LogP contribution in [0.4, 0.5) is 10.1 Å². The molecule has 84 valence electrons. The van der Waals surface area contributed by atoms with Gasteiger partial charge in [0.1, 0.15) is 5.82 Å². The summed E-state index contributed by atoms with van der Waals surface area (Å²) in [5, 5.41) is 0. The van der Waals surface area contributed by atoms with Gasteiger partial charge in [-0.1, -0.05) is 0 Å². The number of nitrogens with zero attached hydrogens (tertiary/aromatic N) is 1. The molecule has 1 aliphatic rings. The molecule has 0 saturated carbocycles. The van der Waals surface area contributed by atoms with Crippen LogP contribution in [-0.2, 0) is 4.79 Å². The number of alkyl halides is 1. The van der Waals surface area contributed by atoms with Gasteiger partial charge in [0.2, 0.25) is 0 Å². The van der Waals surface area contributed by atoms with Crippen molar-refractivity contribution in [2.45, 2.75) is 6.92 Å². The number of hydrogen-bond acceptors (Lipinski definition) is 2. The number of rotatable bonds is 2. The minimum absolute atomic E-state index is 0.0567. The quantitative estimate of drug-likeness (QED) is 0.586. The maximum Gasteiger partial charge on any atom is 0.299 e. The number of benzene rings is 1. The van der Waals surface area contributed by atoms with Crippen molar-refractivity contribution in [1.82, 2.24) is 0 Å². The molecule has 1 amide bonds. The number of fused-ring (bicyclic) bond motifs is 1. The molecule has 1 heterocycles. The first-order valence-electron chi connectivity index (χ1n) is 4.78. The van der Waals surface area contributed by atoms with E-state index in [1.807, 2.05) is 0 Å². The number of Topliss-reactive ketones (excluding diaryl/α,β-unsaturated/α-hetero) is 1. The molecule has 0 spiro atoms. The zero-order valence-corrected chi connectivity index (χ0v) is 9.34. The van der Waals surface area contributed by atoms with Crippen LogP contribution in [0.25, 0.3) is 0 Å². The zero-order valence-electron chi connectivity index (χ0n) is 8.59. The molecule has 5 heteroatoms. The molecule has 0 N–H and O–H groups in total. The van der Waals surface area contributed by atoms with Gasteiger partial charge in [0.05, 0.1) is 11.3 Å². The fourth-order valence-electron chi connectivity index (χ4n) is 1.82. The number of amides is 1. The Morgan fingerprint density at radius 3 is 2.69 bits per heavy atom. The largest absolute Gasteiger partial charge is 0.301 e. The van der Waals surface area contributed by atoms with Gasteiger partial charge in [-0.25, -0.2) is 4.39 Å². The van der Waals surface area contributed by atoms with Crippen molar-refractivity contribution in [3.8, 4) is 0 Å². The Labute approximate surface area is 96.8 Å². The van der Waals surface area contributed by atoms with Crippen LogP contribution in [0.3, 0.4) is 0 Å². The lowest BCUT2D eigenvalue weighted by molar-refractivity contribution is -0.114. The van der Waals surface area contributed by atoms with E-state index in [4.69, 9.17) is 11.6 Å². The first-order chi connectivity index (χ1) is 7.56. The first kappa shape index (κ1) is 11.1. The highest BCUT2D eigenvalue weighted by molar-refractivity contribution is 6.52. The Morgan fingerprint density at radius 2 is 2.06 bits per heavy atom. The molecule has 0 fully saturated rings. The van der Waals surface area contributed by atoms with Crippen LogP contribution in [-0.4, -0.2) is 24.1 Å². The highest BCUT2D eigenvalue weighted by atomic mass is 35.5. The van der Waals surface area contributed by atoms with Gasteiger partial charge < -0.3 is 4.90 Å². The van der Waals surface area contributed by atoms with Crippen LogP contribution in [0.2, 0.25) is 0 Å². The maximum absolute atomic E-state index is 13.7. The van der Waals surface area contributed by atoms with Gasteiger partial charge in [0, 0.05) is 12.4 Å². The molecule has 3 nitrogen and oxygen atoms in total. The lowest BCUT2D eigenvalue weighted by Crippen LogP contribution is -2.31. The minimum Gasteiger partial charge on any atom is -0.301 e. The molecule has 1 aromatic carbocycles. The lowest BCUT2D eigenvalue weighted by atomic mass is 10.1. The van der Waals surface area contributed by atoms with Gasteiger partial charge >= 0.3 is 0 Å². The highest BCUT2D eigenvalue weighted by Crippen LogP contribution is 2.32. The van der Waals surface area contributed by atoms with Crippen molar-refractivity contribution in [3.63, 3.8) is 0 Å². The Morgan fingerprint density at radius 1 is 1.38 bits per heavy atom. The van der Waals surface area contributed by atoms with E-state index in [2.05, 4.69) is 0 Å². The van der Waals surface area contributed by atoms with E-state index in [-0.39, 0.29) is 23.7 Å². The maximum atomic E-state index is 13.7. The number of carbonyl (C=O) groups is 2. The topological polar surface area (TPSA) is 37.4 Å². The summed E-state index contributed by atoms with van der Waals surface area (Å²) in [6, 6.07) is 2.82. The van der Waals surface area contributed by atoms with Crippen LogP contribution in [0.1, 0.15) is 15.9 Å². The number of hydrogen-bond donors (Lipinski definition) is 0. The van der Waals surface area contributed by atoms with Crippen molar-refractivity contribution in [2.24, 2.45) is 0 Å². The number of carbonyl (C=O) groups excluding carboxylic acids is 2. The fraction of sp³-hybridized carbons (Fsp3) is 0.273. The summed E-state index contributed by atoms with van der Waals surface area (Å²) in [5.74, 6) is -1.77. The third-order valence-electron chi connectivity index (χ3n) is 2.47. The molecular weight excluding hydrogens is 233 g/mol. The Bertz CT molecular complexity index is 487. The molecule has 16 heavy (non-hydrogen) atoms. The molecule has 0 bridgehead atoms. The molecule has 0 radical (unpaired) electrons. The lowest BCUT2D eigenvalue weighted by Gasteiger charge is -2.15. The second kappa shape index (κ2) is 3.87. The van der Waals surface area contributed by atoms with Crippen molar-refractivity contribution in [1.29, 1.82) is 0 Å². The van der Waals surface area contributed by atoms with Gasteiger partial charge in [0.15, 0.2) is 0 Å². The van der Waals surface area contributed by atoms with E-state index in [1.165, 1.54) is 12.1 Å². The van der Waals surface area contributed by atoms with Crippen molar-refractivity contribution >= 4 is 29.0 Å². The van der Waals surface area contributed by atoms with E-state index in [0.717, 1.165) is 4.90 Å². The van der Waals surface area contributed by atoms with Crippen LogP contribution in [0.5, 0.6) is 0 Å². The average Bonchev–Trinajstić information content (AvgIpc) is 2.44. The summed E-state index contributed by atoms with van der Waals surface area (Å²) in [6.07, 6.45) is 0. The van der Waals surface area contributed by atoms with Crippen molar-refractivity contribution < 1.29 is 14.0 Å². The average molecular weight is 242 g/mol. The van der Waals surface area contributed by atoms with Gasteiger partial charge in [-0.3, -0.25) is 9.59 Å². The number of aryl methyl sites for hydroxylation is 1. The third-order valence-corrected chi connectivity index (χ3v) is 2.64. The third kappa shape index (κ3) is 1.50. The molecule has 0 aromatic heterocycles. The smallest absolute Gasteiger partial charge is 0.299 e. The molecule has 0 saturated heterocycles. The van der Waals surface area contributed by atoms with Gasteiger partial charge in [-0.15, -0.1) is 11.6 Å². The van der Waals surface area contributed by atoms with Gasteiger partial charge in [0.25, 0.3) is 11.7 Å². The van der Waals surface area contributed by atoms with Crippen LogP contribution in [0, 0.1) is 12.7 Å². The van der Waals surface area contributed by atoms with E-state index in [9.17, 15) is 14.0 Å². The van der Waals surface area contributed by atoms with E-state index in [0.29, 0.717) is 5.56 Å². The Kier molecular flexibility index (Phi) is 2.68. The summed E-state index contributed by atoms with van der Waals surface area (Å²) in [6.45, 7) is 1.81. The van der Waals surface area contributed by atoms with Crippen molar-refractivity contribution in [2.75, 3.05) is 17.3 Å². The first-order valence-corrected chi connectivity index (χ1v) is 5.32. The van der Waals surface area contributed by atoms with E-state index in [1.54, 1.807) is 6.92 Å². The second-order valence-electron chi connectivity index (χ2n) is 3.62. The number of anilines is 1. The molecule has 0 atom stereocenters. The zero-order chi connectivity index (χ0) is 11.9. The van der Waals surface area contributed by atoms with Crippen molar-refractivity contribution in [3.05, 3.63) is 29.1 Å². The molecule has 0 unspecified atom stereocenters. The predicted octanol–water partition coefficient (Wildman–Crippen LogP) is 1.90. The number of ketones is 1. The summed E-state index contributed by atoms with van der Waals surface area (Å²) in [4.78, 5) is 24.2. The highest BCUT2D eigenvalue weighted by Gasteiger charge is 2.37. The Balaban J connectivity index is 2.60. The molecule has 1 aromatic rings. The van der Waals surface area contributed by atoms with Gasteiger partial charge in [-0.2, -0.15) is 0 Å². The molecule has 2 rings (SSSR count). The summed E-state index contributed by atoms with van der Waals surface area (Å²) in [5.41, 5.74) is 0.805. The normalized spacial score (nSPS) is 14.6.